The van der Waals surface area contributed by atoms with Gasteiger partial charge in [0.2, 0.25) is 0 Å². The number of hydrogen-bond donors (Lipinski definition) is 1. The number of furan rings is 1. The third kappa shape index (κ3) is 5.50. The molecule has 4 rings (SSSR count). The molecule has 0 bridgehead atoms. The summed E-state index contributed by atoms with van der Waals surface area (Å²) in [5.41, 5.74) is 0.868. The van der Waals surface area contributed by atoms with Crippen LogP contribution in [0.5, 0.6) is 5.75 Å². The molecule has 0 atom stereocenters. The molecule has 2 aromatic carbocycles. The Kier molecular flexibility index (Phi) is 6.65. The SMILES string of the molecule is O=C(Nc1ccn(Cc2ccc(Cl)cc2Cl)n1)c1ccc(COc2ccccc2Br)o1. The van der Waals surface area contributed by atoms with E-state index >= 15 is 0 Å². The summed E-state index contributed by atoms with van der Waals surface area (Å²) in [6, 6.07) is 17.8. The molecule has 0 fully saturated rings. The molecule has 2 aromatic heterocycles. The third-order valence-electron chi connectivity index (χ3n) is 4.32. The van der Waals surface area contributed by atoms with Crippen LogP contribution in [0.2, 0.25) is 10.0 Å². The smallest absolute Gasteiger partial charge is 0.292 e. The number of rotatable bonds is 7. The first-order valence-corrected chi connectivity index (χ1v) is 10.8. The van der Waals surface area contributed by atoms with Gasteiger partial charge in [-0.15, -0.1) is 0 Å². The van der Waals surface area contributed by atoms with Crippen molar-refractivity contribution in [1.29, 1.82) is 0 Å². The molecule has 6 nitrogen and oxygen atoms in total. The summed E-state index contributed by atoms with van der Waals surface area (Å²) < 4.78 is 13.8. The first-order chi connectivity index (χ1) is 15.0. The number of anilines is 1. The van der Waals surface area contributed by atoms with Gasteiger partial charge in [-0.1, -0.05) is 41.4 Å². The number of nitrogens with one attached hydrogen (secondary N) is 1. The molecule has 1 N–H and O–H groups in total. The van der Waals surface area contributed by atoms with Crippen LogP contribution < -0.4 is 10.1 Å². The third-order valence-corrected chi connectivity index (χ3v) is 5.56. The van der Waals surface area contributed by atoms with Crippen molar-refractivity contribution < 1.29 is 13.9 Å². The Hall–Kier alpha value is -2.74. The number of benzene rings is 2. The van der Waals surface area contributed by atoms with E-state index in [1.54, 1.807) is 41.2 Å². The highest BCUT2D eigenvalue weighted by Gasteiger charge is 2.14. The van der Waals surface area contributed by atoms with Crippen LogP contribution in [-0.2, 0) is 13.2 Å². The average Bonchev–Trinajstić information content (AvgIpc) is 3.39. The van der Waals surface area contributed by atoms with Crippen LogP contribution in [-0.4, -0.2) is 15.7 Å². The number of aromatic nitrogens is 2. The van der Waals surface area contributed by atoms with Crippen LogP contribution in [0.4, 0.5) is 5.82 Å². The van der Waals surface area contributed by atoms with E-state index in [1.807, 2.05) is 30.3 Å². The lowest BCUT2D eigenvalue weighted by atomic mass is 10.2. The quantitative estimate of drug-likeness (QED) is 0.305. The van der Waals surface area contributed by atoms with Crippen molar-refractivity contribution >= 4 is 50.9 Å². The fourth-order valence-corrected chi connectivity index (χ4v) is 3.67. The number of ether oxygens (including phenoxy) is 1. The summed E-state index contributed by atoms with van der Waals surface area (Å²) in [7, 11) is 0. The zero-order valence-electron chi connectivity index (χ0n) is 16.0. The minimum Gasteiger partial charge on any atom is -0.484 e. The van der Waals surface area contributed by atoms with E-state index in [2.05, 4.69) is 26.3 Å². The molecule has 0 unspecified atom stereocenters. The number of carbonyl (C=O) groups excluding carboxylic acids is 1. The molecule has 158 valence electrons. The molecule has 9 heteroatoms. The van der Waals surface area contributed by atoms with Gasteiger partial charge in [-0.2, -0.15) is 5.10 Å². The Bertz CT molecular complexity index is 1220. The Balaban J connectivity index is 1.35. The van der Waals surface area contributed by atoms with E-state index in [0.717, 1.165) is 10.0 Å². The summed E-state index contributed by atoms with van der Waals surface area (Å²) >= 11 is 15.6. The number of amides is 1. The van der Waals surface area contributed by atoms with E-state index < -0.39 is 5.91 Å². The average molecular weight is 521 g/mol. The molecule has 0 aliphatic carbocycles. The van der Waals surface area contributed by atoms with Gasteiger partial charge >= 0.3 is 0 Å². The molecule has 4 aromatic rings. The highest BCUT2D eigenvalue weighted by Crippen LogP contribution is 2.25. The van der Waals surface area contributed by atoms with E-state index in [0.29, 0.717) is 33.9 Å². The minimum atomic E-state index is -0.401. The summed E-state index contributed by atoms with van der Waals surface area (Å²) in [6.07, 6.45) is 1.75. The molecule has 1 amide bonds. The molecule has 2 heterocycles. The zero-order chi connectivity index (χ0) is 21.8. The predicted molar refractivity (Wildman–Crippen MR) is 123 cm³/mol. The number of halogens is 3. The molecule has 0 saturated heterocycles. The van der Waals surface area contributed by atoms with Crippen LogP contribution in [0, 0.1) is 0 Å². The van der Waals surface area contributed by atoms with E-state index in [4.69, 9.17) is 32.4 Å². The molecular weight excluding hydrogens is 505 g/mol. The van der Waals surface area contributed by atoms with Crippen LogP contribution in [0.3, 0.4) is 0 Å². The Morgan fingerprint density at radius 2 is 1.97 bits per heavy atom. The van der Waals surface area contributed by atoms with Crippen LogP contribution in [0.25, 0.3) is 0 Å². The molecule has 0 aliphatic heterocycles. The number of nitrogens with zero attached hydrogens (tertiary/aromatic N) is 2. The topological polar surface area (TPSA) is 69.3 Å². The molecule has 31 heavy (non-hydrogen) atoms. The van der Waals surface area contributed by atoms with Crippen molar-refractivity contribution in [3.63, 3.8) is 0 Å². The van der Waals surface area contributed by atoms with Crippen molar-refractivity contribution in [2.75, 3.05) is 5.32 Å². The van der Waals surface area contributed by atoms with E-state index in [1.165, 1.54) is 0 Å². The monoisotopic (exact) mass is 519 g/mol. The van der Waals surface area contributed by atoms with Gasteiger partial charge < -0.3 is 14.5 Å². The van der Waals surface area contributed by atoms with Crippen molar-refractivity contribution in [3.05, 3.63) is 98.5 Å². The maximum absolute atomic E-state index is 12.5. The highest BCUT2D eigenvalue weighted by atomic mass is 79.9. The lowest BCUT2D eigenvalue weighted by molar-refractivity contribution is 0.0992. The number of para-hydroxylation sites is 1. The lowest BCUT2D eigenvalue weighted by Crippen LogP contribution is -2.12. The molecule has 0 aliphatic rings. The van der Waals surface area contributed by atoms with Gasteiger partial charge in [0.05, 0.1) is 11.0 Å². The van der Waals surface area contributed by atoms with E-state index in [-0.39, 0.29) is 12.4 Å². The van der Waals surface area contributed by atoms with Crippen molar-refractivity contribution in [2.24, 2.45) is 0 Å². The van der Waals surface area contributed by atoms with Crippen LogP contribution in [0.15, 0.2) is 75.8 Å². The fourth-order valence-electron chi connectivity index (χ4n) is 2.81. The molecule has 0 spiro atoms. The Morgan fingerprint density at radius 3 is 2.77 bits per heavy atom. The van der Waals surface area contributed by atoms with Gasteiger partial charge in [-0.3, -0.25) is 9.48 Å². The summed E-state index contributed by atoms with van der Waals surface area (Å²) in [5.74, 6) is 1.39. The van der Waals surface area contributed by atoms with Crippen LogP contribution >= 0.6 is 39.1 Å². The fraction of sp³-hybridized carbons (Fsp3) is 0.0909. The Morgan fingerprint density at radius 1 is 1.13 bits per heavy atom. The van der Waals surface area contributed by atoms with Crippen molar-refractivity contribution in [3.8, 4) is 5.75 Å². The maximum atomic E-state index is 12.5. The predicted octanol–water partition coefficient (Wildman–Crippen LogP) is 6.43. The van der Waals surface area contributed by atoms with Gasteiger partial charge in [-0.05, 0) is 57.9 Å². The summed E-state index contributed by atoms with van der Waals surface area (Å²) in [5, 5.41) is 8.19. The van der Waals surface area contributed by atoms with Gasteiger partial charge in [0.15, 0.2) is 11.6 Å². The first kappa shape index (κ1) is 21.5. The Labute approximate surface area is 196 Å². The second-order valence-corrected chi connectivity index (χ2v) is 8.27. The van der Waals surface area contributed by atoms with Gasteiger partial charge in [-0.25, -0.2) is 0 Å². The first-order valence-electron chi connectivity index (χ1n) is 9.23. The standard InChI is InChI=1S/C22H16BrCl2N3O3/c23-17-3-1-2-4-19(17)30-13-16-7-8-20(31-16)22(29)26-21-9-10-28(27-21)12-14-5-6-15(24)11-18(14)25/h1-11H,12-13H2,(H,26,27,29). The normalized spacial score (nSPS) is 10.8. The lowest BCUT2D eigenvalue weighted by Gasteiger charge is -2.06. The zero-order valence-corrected chi connectivity index (χ0v) is 19.1. The second kappa shape index (κ2) is 9.60. The molecule has 0 saturated carbocycles. The van der Waals surface area contributed by atoms with Crippen LogP contribution in [0.1, 0.15) is 21.9 Å². The number of carbonyl (C=O) groups is 1. The van der Waals surface area contributed by atoms with Crippen molar-refractivity contribution in [2.45, 2.75) is 13.2 Å². The maximum Gasteiger partial charge on any atom is 0.292 e. The summed E-state index contributed by atoms with van der Waals surface area (Å²) in [6.45, 7) is 0.648. The molecular formula is C22H16BrCl2N3O3. The minimum absolute atomic E-state index is 0.168. The largest absolute Gasteiger partial charge is 0.484 e. The van der Waals surface area contributed by atoms with Crippen molar-refractivity contribution in [1.82, 2.24) is 9.78 Å². The number of hydrogen-bond acceptors (Lipinski definition) is 4. The summed E-state index contributed by atoms with van der Waals surface area (Å²) in [4.78, 5) is 12.5. The van der Waals surface area contributed by atoms with Gasteiger partial charge in [0.25, 0.3) is 5.91 Å². The van der Waals surface area contributed by atoms with E-state index in [9.17, 15) is 4.79 Å². The van der Waals surface area contributed by atoms with Gasteiger partial charge in [0, 0.05) is 22.3 Å². The van der Waals surface area contributed by atoms with Gasteiger partial charge in [0.1, 0.15) is 18.1 Å². The molecule has 0 radical (unpaired) electrons. The highest BCUT2D eigenvalue weighted by molar-refractivity contribution is 9.10. The second-order valence-electron chi connectivity index (χ2n) is 6.57.